The molecule has 0 fully saturated rings. The fourth-order valence-electron chi connectivity index (χ4n) is 4.84. The third-order valence-electron chi connectivity index (χ3n) is 7.04. The first kappa shape index (κ1) is 25.9. The first-order valence-corrected chi connectivity index (χ1v) is 13.1. The predicted molar refractivity (Wildman–Crippen MR) is 158 cm³/mol. The lowest BCUT2D eigenvalue weighted by Gasteiger charge is -2.22. The summed E-state index contributed by atoms with van der Waals surface area (Å²) in [7, 11) is 0. The maximum absolute atomic E-state index is 12.9. The minimum atomic E-state index is -0.122. The molecule has 0 spiro atoms. The number of nitrogens with one attached hydrogen (secondary N) is 1. The number of carbonyl (C=O) groups excluding carboxylic acids is 1. The summed E-state index contributed by atoms with van der Waals surface area (Å²) >= 11 is 0. The van der Waals surface area contributed by atoms with Gasteiger partial charge in [-0.2, -0.15) is 0 Å². The Labute approximate surface area is 229 Å². The van der Waals surface area contributed by atoms with Crippen LogP contribution in [-0.2, 0) is 13.0 Å². The summed E-state index contributed by atoms with van der Waals surface area (Å²) in [6.45, 7) is 5.11. The van der Waals surface area contributed by atoms with E-state index in [2.05, 4.69) is 35.6 Å². The van der Waals surface area contributed by atoms with Gasteiger partial charge in [-0.05, 0) is 95.3 Å². The number of fused-ring (bicyclic) bond motifs is 1. The molecular formula is C34H32N2O3. The summed E-state index contributed by atoms with van der Waals surface area (Å²) < 4.78 is 0. The van der Waals surface area contributed by atoms with Crippen molar-refractivity contribution in [2.24, 2.45) is 0 Å². The monoisotopic (exact) mass is 516 g/mol. The Morgan fingerprint density at radius 3 is 2.13 bits per heavy atom. The first-order chi connectivity index (χ1) is 18.9. The number of urea groups is 1. The Morgan fingerprint density at radius 1 is 0.769 bits per heavy atom. The van der Waals surface area contributed by atoms with Crippen molar-refractivity contribution in [3.8, 4) is 22.6 Å². The number of hydrogen-bond donors (Lipinski definition) is 3. The summed E-state index contributed by atoms with van der Waals surface area (Å²) in [4.78, 5) is 14.7. The lowest BCUT2D eigenvalue weighted by molar-refractivity contribution is 0.212. The summed E-state index contributed by atoms with van der Waals surface area (Å²) in [5.74, 6) is 0.470. The maximum Gasteiger partial charge on any atom is 0.322 e. The molecule has 0 bridgehead atoms. The van der Waals surface area contributed by atoms with Gasteiger partial charge in [-0.15, -0.1) is 0 Å². The van der Waals surface area contributed by atoms with Crippen molar-refractivity contribution in [3.05, 3.63) is 125 Å². The van der Waals surface area contributed by atoms with Crippen molar-refractivity contribution in [2.45, 2.75) is 26.8 Å². The Kier molecular flexibility index (Phi) is 7.50. The quantitative estimate of drug-likeness (QED) is 0.206. The zero-order valence-corrected chi connectivity index (χ0v) is 22.2. The van der Waals surface area contributed by atoms with Crippen LogP contribution >= 0.6 is 0 Å². The average Bonchev–Trinajstić information content (AvgIpc) is 2.94. The van der Waals surface area contributed by atoms with Gasteiger partial charge >= 0.3 is 6.03 Å². The molecule has 5 aromatic carbocycles. The fourth-order valence-corrected chi connectivity index (χ4v) is 4.84. The number of aromatic hydroxyl groups is 2. The smallest absolute Gasteiger partial charge is 0.322 e. The number of aryl methyl sites for hydroxylation is 1. The van der Waals surface area contributed by atoms with Gasteiger partial charge in [0.05, 0.1) is 0 Å². The van der Waals surface area contributed by atoms with Crippen LogP contribution in [0.5, 0.6) is 11.5 Å². The van der Waals surface area contributed by atoms with Gasteiger partial charge in [0.1, 0.15) is 11.5 Å². The molecule has 5 nitrogen and oxygen atoms in total. The van der Waals surface area contributed by atoms with Gasteiger partial charge < -0.3 is 20.4 Å². The largest absolute Gasteiger partial charge is 0.508 e. The Hall–Kier alpha value is -4.77. The standard InChI is InChI=1S/C34H32N2O3/c1-3-36(34(39)35-28-13-4-23(2)5-14-28)22-25-8-6-24(7-9-25)20-33-31(26-10-15-29(37)16-11-26)18-12-27-21-30(38)17-19-32(27)33/h4-19,21,37-38H,3,20,22H2,1-2H3,(H,35,39). The lowest BCUT2D eigenvalue weighted by atomic mass is 9.90. The molecule has 3 N–H and O–H groups in total. The highest BCUT2D eigenvalue weighted by Crippen LogP contribution is 2.34. The molecule has 0 radical (unpaired) electrons. The predicted octanol–water partition coefficient (Wildman–Crippen LogP) is 7.87. The minimum Gasteiger partial charge on any atom is -0.508 e. The van der Waals surface area contributed by atoms with E-state index in [1.807, 2.05) is 62.4 Å². The second-order valence-electron chi connectivity index (χ2n) is 9.85. The Balaban J connectivity index is 1.37. The molecular weight excluding hydrogens is 484 g/mol. The molecule has 0 unspecified atom stereocenters. The van der Waals surface area contributed by atoms with Crippen molar-refractivity contribution >= 4 is 22.5 Å². The fraction of sp³-hybridized carbons (Fsp3) is 0.147. The molecule has 0 saturated heterocycles. The summed E-state index contributed by atoms with van der Waals surface area (Å²) in [6.07, 6.45) is 0.698. The molecule has 0 aliphatic carbocycles. The molecule has 196 valence electrons. The van der Waals surface area contributed by atoms with Crippen molar-refractivity contribution in [2.75, 3.05) is 11.9 Å². The van der Waals surface area contributed by atoms with E-state index in [0.717, 1.165) is 49.8 Å². The van der Waals surface area contributed by atoms with Crippen molar-refractivity contribution in [3.63, 3.8) is 0 Å². The third-order valence-corrected chi connectivity index (χ3v) is 7.04. The van der Waals surface area contributed by atoms with E-state index in [9.17, 15) is 15.0 Å². The van der Waals surface area contributed by atoms with E-state index in [-0.39, 0.29) is 17.5 Å². The highest BCUT2D eigenvalue weighted by Gasteiger charge is 2.14. The van der Waals surface area contributed by atoms with E-state index < -0.39 is 0 Å². The summed E-state index contributed by atoms with van der Waals surface area (Å²) in [6, 6.07) is 32.8. The number of phenolic OH excluding ortho intramolecular Hbond substituents is 2. The first-order valence-electron chi connectivity index (χ1n) is 13.1. The van der Waals surface area contributed by atoms with Gasteiger partial charge in [0.25, 0.3) is 0 Å². The normalized spacial score (nSPS) is 10.9. The van der Waals surface area contributed by atoms with Crippen LogP contribution in [0.3, 0.4) is 0 Å². The van der Waals surface area contributed by atoms with Crippen LogP contribution < -0.4 is 5.32 Å². The second-order valence-corrected chi connectivity index (χ2v) is 9.85. The Bertz CT molecular complexity index is 1590. The molecule has 2 amide bonds. The molecule has 5 heteroatoms. The number of hydrogen-bond acceptors (Lipinski definition) is 3. The molecule has 0 heterocycles. The summed E-state index contributed by atoms with van der Waals surface area (Å²) in [5, 5.41) is 24.8. The van der Waals surface area contributed by atoms with E-state index in [4.69, 9.17) is 0 Å². The highest BCUT2D eigenvalue weighted by atomic mass is 16.3. The number of anilines is 1. The second kappa shape index (κ2) is 11.3. The Morgan fingerprint density at radius 2 is 1.44 bits per heavy atom. The minimum absolute atomic E-state index is 0.122. The van der Waals surface area contributed by atoms with Crippen LogP contribution in [0.15, 0.2) is 103 Å². The number of amides is 2. The molecule has 0 aliphatic rings. The van der Waals surface area contributed by atoms with E-state index in [1.54, 1.807) is 29.2 Å². The van der Waals surface area contributed by atoms with Gasteiger partial charge in [-0.25, -0.2) is 4.79 Å². The van der Waals surface area contributed by atoms with Crippen LogP contribution in [0.25, 0.3) is 21.9 Å². The van der Waals surface area contributed by atoms with Gasteiger partial charge in [0.15, 0.2) is 0 Å². The number of nitrogens with zero attached hydrogens (tertiary/aromatic N) is 1. The zero-order chi connectivity index (χ0) is 27.4. The van der Waals surface area contributed by atoms with E-state index in [0.29, 0.717) is 19.5 Å². The molecule has 0 aromatic heterocycles. The SMILES string of the molecule is CCN(Cc1ccc(Cc2c(-c3ccc(O)cc3)ccc3cc(O)ccc23)cc1)C(=O)Nc1ccc(C)cc1. The van der Waals surface area contributed by atoms with Crippen LogP contribution in [0.2, 0.25) is 0 Å². The molecule has 0 saturated carbocycles. The zero-order valence-electron chi connectivity index (χ0n) is 22.2. The molecule has 39 heavy (non-hydrogen) atoms. The summed E-state index contributed by atoms with van der Waals surface area (Å²) in [5.41, 5.74) is 7.39. The van der Waals surface area contributed by atoms with E-state index >= 15 is 0 Å². The molecule has 0 aliphatic heterocycles. The van der Waals surface area contributed by atoms with Gasteiger partial charge in [-0.1, -0.05) is 72.3 Å². The maximum atomic E-state index is 12.9. The number of carbonyl (C=O) groups is 1. The van der Waals surface area contributed by atoms with Crippen molar-refractivity contribution in [1.29, 1.82) is 0 Å². The van der Waals surface area contributed by atoms with Crippen LogP contribution in [0, 0.1) is 6.92 Å². The van der Waals surface area contributed by atoms with Gasteiger partial charge in [0.2, 0.25) is 0 Å². The van der Waals surface area contributed by atoms with Crippen LogP contribution in [0.4, 0.5) is 10.5 Å². The van der Waals surface area contributed by atoms with Gasteiger partial charge in [0, 0.05) is 18.8 Å². The topological polar surface area (TPSA) is 72.8 Å². The van der Waals surface area contributed by atoms with Crippen LogP contribution in [0.1, 0.15) is 29.2 Å². The molecule has 5 aromatic rings. The lowest BCUT2D eigenvalue weighted by Crippen LogP contribution is -2.34. The molecule has 5 rings (SSSR count). The van der Waals surface area contributed by atoms with Crippen LogP contribution in [-0.4, -0.2) is 27.7 Å². The third kappa shape index (κ3) is 6.04. The highest BCUT2D eigenvalue weighted by molar-refractivity contribution is 5.93. The average molecular weight is 517 g/mol. The van der Waals surface area contributed by atoms with E-state index in [1.165, 1.54) is 0 Å². The number of rotatable bonds is 7. The number of phenols is 2. The van der Waals surface area contributed by atoms with Gasteiger partial charge in [-0.3, -0.25) is 0 Å². The van der Waals surface area contributed by atoms with Crippen molar-refractivity contribution < 1.29 is 15.0 Å². The number of benzene rings is 5. The van der Waals surface area contributed by atoms with Crippen molar-refractivity contribution in [1.82, 2.24) is 4.90 Å². The molecule has 0 atom stereocenters.